The zero-order chi connectivity index (χ0) is 9.00. The highest BCUT2D eigenvalue weighted by atomic mass is 35.6. The molecule has 0 aromatic heterocycles. The predicted octanol–water partition coefficient (Wildman–Crippen LogP) is 4.93. The highest BCUT2D eigenvalue weighted by Crippen LogP contribution is 2.29. The summed E-state index contributed by atoms with van der Waals surface area (Å²) in [5.41, 5.74) is 0. The van der Waals surface area contributed by atoms with Gasteiger partial charge in [0.15, 0.2) is 3.79 Å². The lowest BCUT2D eigenvalue weighted by atomic mass is 10.9. The normalized spacial score (nSPS) is 12.0. The Morgan fingerprint density at radius 3 is 0.700 bits per heavy atom. The molecule has 0 fully saturated rings. The third-order valence-electron chi connectivity index (χ3n) is 0. The Bertz CT molecular complexity index is 51.8. The SMILES string of the molecule is CC(Cl)(Cl)Cl.ClC(Cl)(Cl)Cl. The maximum Gasteiger partial charge on any atom is 0.266 e. The summed E-state index contributed by atoms with van der Waals surface area (Å²) >= 11 is 34.5. The van der Waals surface area contributed by atoms with E-state index in [1.165, 1.54) is 6.92 Å². The van der Waals surface area contributed by atoms with Gasteiger partial charge in [-0.15, -0.1) is 0 Å². The molecule has 10 heavy (non-hydrogen) atoms. The van der Waals surface area contributed by atoms with Crippen molar-refractivity contribution < 1.29 is 0 Å². The van der Waals surface area contributed by atoms with E-state index in [1.807, 2.05) is 0 Å². The molecule has 0 amide bonds. The fourth-order valence-electron chi connectivity index (χ4n) is 0. The van der Waals surface area contributed by atoms with Crippen LogP contribution in [0.3, 0.4) is 0 Å². The largest absolute Gasteiger partial charge is 0.266 e. The molecule has 64 valence electrons. The summed E-state index contributed by atoms with van der Waals surface area (Å²) in [7, 11) is 0. The van der Waals surface area contributed by atoms with Gasteiger partial charge in [-0.05, 0) is 6.92 Å². The molecule has 0 N–H and O–H groups in total. The van der Waals surface area contributed by atoms with Crippen molar-refractivity contribution in [3.8, 4) is 0 Å². The Kier molecular flexibility index (Phi) is 8.20. The van der Waals surface area contributed by atoms with E-state index >= 15 is 0 Å². The van der Waals surface area contributed by atoms with Crippen LogP contribution in [0, 0.1) is 0 Å². The lowest BCUT2D eigenvalue weighted by Crippen LogP contribution is -1.87. The van der Waals surface area contributed by atoms with Gasteiger partial charge in [0.2, 0.25) is 0 Å². The molecule has 0 unspecified atom stereocenters. The van der Waals surface area contributed by atoms with Gasteiger partial charge >= 0.3 is 0 Å². The van der Waals surface area contributed by atoms with Gasteiger partial charge in [-0.25, -0.2) is 0 Å². The molecule has 0 aliphatic heterocycles. The molecule has 0 rings (SSSR count). The first-order valence-electron chi connectivity index (χ1n) is 1.82. The molecule has 0 spiro atoms. The quantitative estimate of drug-likeness (QED) is 0.554. The first-order valence-corrected chi connectivity index (χ1v) is 4.47. The van der Waals surface area contributed by atoms with Gasteiger partial charge < -0.3 is 0 Å². The van der Waals surface area contributed by atoms with Crippen LogP contribution >= 0.6 is 81.2 Å². The zero-order valence-corrected chi connectivity index (χ0v) is 9.94. The van der Waals surface area contributed by atoms with E-state index in [0.717, 1.165) is 0 Å². The van der Waals surface area contributed by atoms with Crippen LogP contribution in [-0.2, 0) is 0 Å². The summed E-state index contributed by atoms with van der Waals surface area (Å²) in [4.78, 5) is 0. The monoisotopic (exact) mass is 284 g/mol. The Balaban J connectivity index is 0. The number of rotatable bonds is 0. The van der Waals surface area contributed by atoms with Crippen molar-refractivity contribution in [3.05, 3.63) is 0 Å². The maximum absolute atomic E-state index is 5.06. The first-order chi connectivity index (χ1) is 4.00. The van der Waals surface area contributed by atoms with Crippen molar-refractivity contribution >= 4 is 81.2 Å². The van der Waals surface area contributed by atoms with E-state index in [4.69, 9.17) is 81.2 Å². The van der Waals surface area contributed by atoms with Gasteiger partial charge in [0.1, 0.15) is 0 Å². The van der Waals surface area contributed by atoms with Crippen molar-refractivity contribution in [2.75, 3.05) is 0 Å². The Morgan fingerprint density at radius 1 is 0.700 bits per heavy atom. The van der Waals surface area contributed by atoms with Gasteiger partial charge in [-0.2, -0.15) is 0 Å². The fraction of sp³-hybridized carbons (Fsp3) is 1.00. The van der Waals surface area contributed by atoms with Crippen molar-refractivity contribution in [3.63, 3.8) is 0 Å². The molecular formula is C3H3Cl7. The van der Waals surface area contributed by atoms with Crippen LogP contribution < -0.4 is 0 Å². The number of hydrogen-bond donors (Lipinski definition) is 0. The molecule has 0 heterocycles. The van der Waals surface area contributed by atoms with E-state index < -0.39 is 7.04 Å². The van der Waals surface area contributed by atoms with Gasteiger partial charge in [0.25, 0.3) is 3.25 Å². The predicted molar refractivity (Wildman–Crippen MR) is 52.1 cm³/mol. The molecule has 0 aliphatic carbocycles. The second-order valence-electron chi connectivity index (χ2n) is 1.21. The smallest absolute Gasteiger partial charge is 0.0840 e. The molecule has 0 aliphatic rings. The Hall–Kier alpha value is 2.03. The van der Waals surface area contributed by atoms with Crippen molar-refractivity contribution in [2.24, 2.45) is 0 Å². The van der Waals surface area contributed by atoms with E-state index in [0.29, 0.717) is 0 Å². The summed E-state index contributed by atoms with van der Waals surface area (Å²) in [6, 6.07) is 0. The number of hydrogen-bond acceptors (Lipinski definition) is 0. The topological polar surface area (TPSA) is 0 Å². The minimum absolute atomic E-state index is 1.08. The summed E-state index contributed by atoms with van der Waals surface area (Å²) < 4.78 is -2.69. The van der Waals surface area contributed by atoms with Crippen LogP contribution in [0.1, 0.15) is 6.92 Å². The highest BCUT2D eigenvalue weighted by Gasteiger charge is 2.11. The van der Waals surface area contributed by atoms with Crippen molar-refractivity contribution in [2.45, 2.75) is 14.0 Å². The average molecular weight is 287 g/mol. The molecule has 0 saturated carbocycles. The van der Waals surface area contributed by atoms with Crippen molar-refractivity contribution in [1.29, 1.82) is 0 Å². The Morgan fingerprint density at radius 2 is 0.700 bits per heavy atom. The summed E-state index contributed by atoms with van der Waals surface area (Å²) in [6.07, 6.45) is 0. The van der Waals surface area contributed by atoms with E-state index in [9.17, 15) is 0 Å². The summed E-state index contributed by atoms with van der Waals surface area (Å²) in [6.45, 7) is 1.48. The minimum atomic E-state index is -1.61. The van der Waals surface area contributed by atoms with Crippen LogP contribution in [0.5, 0.6) is 0 Å². The van der Waals surface area contributed by atoms with Gasteiger partial charge in [0.05, 0.1) is 0 Å². The Labute approximate surface area is 94.6 Å². The minimum Gasteiger partial charge on any atom is -0.0840 e. The summed E-state index contributed by atoms with van der Waals surface area (Å²) in [5.74, 6) is 0. The van der Waals surface area contributed by atoms with Gasteiger partial charge in [-0.3, -0.25) is 0 Å². The lowest BCUT2D eigenvalue weighted by molar-refractivity contribution is 1.27. The standard InChI is InChI=1S/C2H3Cl3.CCl4/c1-2(3,4)5;2-1(3,4)5/h1H3;. The third kappa shape index (κ3) is 198. The maximum atomic E-state index is 5.06. The second kappa shape index (κ2) is 5.64. The van der Waals surface area contributed by atoms with Crippen LogP contribution in [0.4, 0.5) is 0 Å². The molecule has 0 radical (unpaired) electrons. The van der Waals surface area contributed by atoms with Gasteiger partial charge in [0, 0.05) is 0 Å². The molecule has 0 aromatic rings. The van der Waals surface area contributed by atoms with Crippen LogP contribution in [-0.4, -0.2) is 7.04 Å². The molecule has 0 atom stereocenters. The average Bonchev–Trinajstić information content (AvgIpc) is 1.12. The lowest BCUT2D eigenvalue weighted by Gasteiger charge is -1.94. The molecule has 7 heteroatoms. The third-order valence-corrected chi connectivity index (χ3v) is 0. The van der Waals surface area contributed by atoms with Crippen LogP contribution in [0.25, 0.3) is 0 Å². The number of alkyl halides is 7. The molecule has 0 bridgehead atoms. The second-order valence-corrected chi connectivity index (χ2v) is 7.49. The molecular weight excluding hydrogens is 284 g/mol. The van der Waals surface area contributed by atoms with E-state index in [-0.39, 0.29) is 0 Å². The van der Waals surface area contributed by atoms with Crippen molar-refractivity contribution in [1.82, 2.24) is 0 Å². The number of halogens is 7. The van der Waals surface area contributed by atoms with E-state index in [1.54, 1.807) is 0 Å². The van der Waals surface area contributed by atoms with E-state index in [2.05, 4.69) is 0 Å². The molecule has 0 nitrogen and oxygen atoms in total. The summed E-state index contributed by atoms with van der Waals surface area (Å²) in [5, 5.41) is 0. The molecule has 0 saturated heterocycles. The molecule has 0 aromatic carbocycles. The first kappa shape index (κ1) is 14.5. The van der Waals surface area contributed by atoms with Crippen LogP contribution in [0.2, 0.25) is 0 Å². The van der Waals surface area contributed by atoms with Crippen LogP contribution in [0.15, 0.2) is 0 Å². The van der Waals surface area contributed by atoms with Gasteiger partial charge in [-0.1, -0.05) is 81.2 Å². The highest BCUT2D eigenvalue weighted by molar-refractivity contribution is 6.83. The fourth-order valence-corrected chi connectivity index (χ4v) is 0. The zero-order valence-electron chi connectivity index (χ0n) is 4.65.